The van der Waals surface area contributed by atoms with Gasteiger partial charge in [0.05, 0.1) is 5.54 Å². The zero-order valence-corrected chi connectivity index (χ0v) is 15.2. The highest BCUT2D eigenvalue weighted by atomic mass is 19.1. The Hall–Kier alpha value is -2.80. The second-order valence-electron chi connectivity index (χ2n) is 6.70. The smallest absolute Gasteiger partial charge is 0.254 e. The minimum Gasteiger partial charge on any atom is -0.385 e. The average Bonchev–Trinajstić information content (AvgIpc) is 3.11. The van der Waals surface area contributed by atoms with E-state index in [-0.39, 0.29) is 11.8 Å². The Morgan fingerprint density at radius 1 is 1.19 bits per heavy atom. The fourth-order valence-electron chi connectivity index (χ4n) is 3.30. The van der Waals surface area contributed by atoms with Crippen molar-refractivity contribution in [1.82, 2.24) is 15.2 Å². The van der Waals surface area contributed by atoms with E-state index in [1.807, 2.05) is 0 Å². The molecule has 0 aliphatic carbocycles. The molecule has 1 fully saturated rings. The summed E-state index contributed by atoms with van der Waals surface area (Å²) in [5.41, 5.74) is 0.369. The summed E-state index contributed by atoms with van der Waals surface area (Å²) in [6, 6.07) is 8.76. The van der Waals surface area contributed by atoms with Gasteiger partial charge in [0.25, 0.3) is 11.8 Å². The number of carbonyl (C=O) groups excluding carboxylic acids is 2. The van der Waals surface area contributed by atoms with Crippen LogP contribution in [0.1, 0.15) is 33.6 Å². The van der Waals surface area contributed by atoms with Crippen LogP contribution in [0.25, 0.3) is 0 Å². The van der Waals surface area contributed by atoms with Gasteiger partial charge in [-0.2, -0.15) is 0 Å². The van der Waals surface area contributed by atoms with Gasteiger partial charge in [0.15, 0.2) is 0 Å². The molecule has 2 amide bonds. The van der Waals surface area contributed by atoms with Gasteiger partial charge in [0.2, 0.25) is 0 Å². The molecule has 7 heteroatoms. The Bertz CT molecular complexity index is 798. The van der Waals surface area contributed by atoms with E-state index in [0.29, 0.717) is 43.7 Å². The lowest BCUT2D eigenvalue weighted by Crippen LogP contribution is -2.51. The van der Waals surface area contributed by atoms with Gasteiger partial charge in [-0.25, -0.2) is 4.39 Å². The number of rotatable bonds is 6. The molecule has 1 aliphatic rings. The quantitative estimate of drug-likeness (QED) is 0.846. The van der Waals surface area contributed by atoms with Crippen molar-refractivity contribution in [2.45, 2.75) is 18.4 Å². The van der Waals surface area contributed by atoms with Gasteiger partial charge in [0.1, 0.15) is 5.82 Å². The summed E-state index contributed by atoms with van der Waals surface area (Å²) in [5, 5.41) is 3.05. The van der Waals surface area contributed by atoms with Crippen LogP contribution in [0.2, 0.25) is 0 Å². The van der Waals surface area contributed by atoms with Crippen LogP contribution in [0.4, 0.5) is 4.39 Å². The van der Waals surface area contributed by atoms with Crippen LogP contribution >= 0.6 is 0 Å². The number of pyridine rings is 1. The number of halogens is 1. The van der Waals surface area contributed by atoms with Crippen LogP contribution in [0, 0.1) is 5.82 Å². The number of benzene rings is 1. The minimum absolute atomic E-state index is 0.0901. The molecule has 1 aromatic heterocycles. The van der Waals surface area contributed by atoms with Gasteiger partial charge in [-0.1, -0.05) is 0 Å². The fourth-order valence-corrected chi connectivity index (χ4v) is 3.30. The number of ether oxygens (including phenoxy) is 1. The van der Waals surface area contributed by atoms with E-state index in [9.17, 15) is 14.0 Å². The fraction of sp³-hybridized carbons (Fsp3) is 0.350. The number of likely N-dealkylation sites (tertiary alicyclic amines) is 1. The average molecular weight is 371 g/mol. The molecule has 1 saturated heterocycles. The molecule has 2 aromatic rings. The van der Waals surface area contributed by atoms with E-state index >= 15 is 0 Å². The van der Waals surface area contributed by atoms with Crippen LogP contribution in [0.3, 0.4) is 0 Å². The summed E-state index contributed by atoms with van der Waals surface area (Å²) in [6.07, 6.45) is 4.37. The molecule has 1 N–H and O–H groups in total. The first-order valence-corrected chi connectivity index (χ1v) is 8.79. The molecule has 27 heavy (non-hydrogen) atoms. The molecule has 1 aliphatic heterocycles. The largest absolute Gasteiger partial charge is 0.385 e. The molecule has 0 radical (unpaired) electrons. The molecule has 0 spiro atoms. The van der Waals surface area contributed by atoms with Crippen molar-refractivity contribution in [2.24, 2.45) is 0 Å². The van der Waals surface area contributed by atoms with Crippen LogP contribution < -0.4 is 5.32 Å². The van der Waals surface area contributed by atoms with Crippen molar-refractivity contribution >= 4 is 11.8 Å². The normalized spacial score (nSPS) is 19.1. The van der Waals surface area contributed by atoms with Crippen LogP contribution in [0.5, 0.6) is 0 Å². The van der Waals surface area contributed by atoms with Crippen LogP contribution in [0.15, 0.2) is 48.8 Å². The third kappa shape index (κ3) is 4.49. The van der Waals surface area contributed by atoms with E-state index in [2.05, 4.69) is 10.3 Å². The van der Waals surface area contributed by atoms with Crippen LogP contribution in [-0.4, -0.2) is 54.0 Å². The third-order valence-corrected chi connectivity index (χ3v) is 4.84. The van der Waals surface area contributed by atoms with Crippen molar-refractivity contribution in [3.8, 4) is 0 Å². The first-order chi connectivity index (χ1) is 13.0. The Morgan fingerprint density at radius 3 is 2.56 bits per heavy atom. The standard InChI is InChI=1S/C20H22FN3O3/c1-27-13-9-20(23-18(25)15-2-4-17(21)5-3-15)8-12-24(14-20)19(26)16-6-10-22-11-7-16/h2-7,10-11H,8-9,12-14H2,1H3,(H,23,25). The number of nitrogens with one attached hydrogen (secondary N) is 1. The number of hydrogen-bond acceptors (Lipinski definition) is 4. The maximum absolute atomic E-state index is 13.1. The molecule has 3 rings (SSSR count). The van der Waals surface area contributed by atoms with Crippen molar-refractivity contribution in [1.29, 1.82) is 0 Å². The number of aromatic nitrogens is 1. The van der Waals surface area contributed by atoms with Crippen molar-refractivity contribution < 1.29 is 18.7 Å². The van der Waals surface area contributed by atoms with Gasteiger partial charge in [-0.3, -0.25) is 14.6 Å². The molecule has 1 aromatic carbocycles. The molecule has 1 unspecified atom stereocenters. The molecule has 0 bridgehead atoms. The molecule has 6 nitrogen and oxygen atoms in total. The zero-order valence-electron chi connectivity index (χ0n) is 15.2. The van der Waals surface area contributed by atoms with Gasteiger partial charge >= 0.3 is 0 Å². The predicted octanol–water partition coefficient (Wildman–Crippen LogP) is 2.27. The maximum atomic E-state index is 13.1. The number of methoxy groups -OCH3 is 1. The summed E-state index contributed by atoms with van der Waals surface area (Å²) in [7, 11) is 1.60. The Balaban J connectivity index is 1.74. The number of amides is 2. The van der Waals surface area contributed by atoms with Crippen LogP contribution in [-0.2, 0) is 4.74 Å². The third-order valence-electron chi connectivity index (χ3n) is 4.84. The molecular weight excluding hydrogens is 349 g/mol. The zero-order chi connectivity index (χ0) is 19.3. The minimum atomic E-state index is -0.579. The monoisotopic (exact) mass is 371 g/mol. The van der Waals surface area contributed by atoms with Gasteiger partial charge < -0.3 is 15.0 Å². The van der Waals surface area contributed by atoms with E-state index in [0.717, 1.165) is 0 Å². The lowest BCUT2D eigenvalue weighted by atomic mass is 9.93. The highest BCUT2D eigenvalue weighted by Crippen LogP contribution is 2.27. The maximum Gasteiger partial charge on any atom is 0.254 e. The Labute approximate surface area is 157 Å². The summed E-state index contributed by atoms with van der Waals surface area (Å²) in [6.45, 7) is 1.39. The first-order valence-electron chi connectivity index (χ1n) is 8.79. The second kappa shape index (κ2) is 8.26. The highest BCUT2D eigenvalue weighted by molar-refractivity contribution is 5.96. The molecule has 2 heterocycles. The van der Waals surface area contributed by atoms with Gasteiger partial charge in [-0.15, -0.1) is 0 Å². The predicted molar refractivity (Wildman–Crippen MR) is 97.8 cm³/mol. The van der Waals surface area contributed by atoms with E-state index < -0.39 is 11.4 Å². The van der Waals surface area contributed by atoms with E-state index in [1.165, 1.54) is 24.3 Å². The summed E-state index contributed by atoms with van der Waals surface area (Å²) in [4.78, 5) is 31.0. The summed E-state index contributed by atoms with van der Waals surface area (Å²) >= 11 is 0. The number of nitrogens with zero attached hydrogens (tertiary/aromatic N) is 2. The first kappa shape index (κ1) is 19.0. The second-order valence-corrected chi connectivity index (χ2v) is 6.70. The van der Waals surface area contributed by atoms with Gasteiger partial charge in [0, 0.05) is 50.3 Å². The molecular formula is C20H22FN3O3. The summed E-state index contributed by atoms with van der Waals surface area (Å²) < 4.78 is 18.3. The number of hydrogen-bond donors (Lipinski definition) is 1. The number of carbonyl (C=O) groups is 2. The lowest BCUT2D eigenvalue weighted by Gasteiger charge is -2.30. The topological polar surface area (TPSA) is 71.5 Å². The van der Waals surface area contributed by atoms with Crippen molar-refractivity contribution in [3.05, 3.63) is 65.7 Å². The van der Waals surface area contributed by atoms with Crippen molar-refractivity contribution in [3.63, 3.8) is 0 Å². The SMILES string of the molecule is COCCC1(NC(=O)c2ccc(F)cc2)CCN(C(=O)c2ccncc2)C1. The van der Waals surface area contributed by atoms with E-state index in [1.54, 1.807) is 36.5 Å². The molecule has 1 atom stereocenters. The van der Waals surface area contributed by atoms with Gasteiger partial charge in [-0.05, 0) is 49.2 Å². The van der Waals surface area contributed by atoms with Crippen molar-refractivity contribution in [2.75, 3.05) is 26.8 Å². The molecule has 0 saturated carbocycles. The summed E-state index contributed by atoms with van der Waals surface area (Å²) in [5.74, 6) is -0.771. The Kier molecular flexibility index (Phi) is 5.81. The Morgan fingerprint density at radius 2 is 1.89 bits per heavy atom. The highest BCUT2D eigenvalue weighted by Gasteiger charge is 2.41. The molecule has 142 valence electrons. The van der Waals surface area contributed by atoms with E-state index in [4.69, 9.17) is 4.74 Å². The lowest BCUT2D eigenvalue weighted by molar-refractivity contribution is 0.0747.